The monoisotopic (exact) mass is 500 g/mol. The highest BCUT2D eigenvalue weighted by Gasteiger charge is 2.62. The molecule has 36 heavy (non-hydrogen) atoms. The molecular formula is C24H24N2O10. The fourth-order valence-corrected chi connectivity index (χ4v) is 6.65. The molecule has 2 saturated heterocycles. The number of carbonyl (C=O) groups is 6. The van der Waals surface area contributed by atoms with E-state index >= 15 is 0 Å². The van der Waals surface area contributed by atoms with Gasteiger partial charge < -0.3 is 9.47 Å². The largest absolute Gasteiger partial charge is 0.533 e. The maximum Gasteiger partial charge on any atom is 0.533 e. The summed E-state index contributed by atoms with van der Waals surface area (Å²) in [5, 5.41) is 1.03. The average Bonchev–Trinajstić information content (AvgIpc) is 3.69. The normalized spacial score (nSPS) is 36.7. The van der Waals surface area contributed by atoms with E-state index in [-0.39, 0.29) is 49.7 Å². The van der Waals surface area contributed by atoms with Crippen LogP contribution in [0.3, 0.4) is 0 Å². The van der Waals surface area contributed by atoms with Gasteiger partial charge >= 0.3 is 12.3 Å². The number of carbonyl (C=O) groups excluding carboxylic acids is 6. The number of allylic oxidation sites excluding steroid dienone is 4. The first kappa shape index (κ1) is 22.7. The van der Waals surface area contributed by atoms with Crippen LogP contribution in [0.2, 0.25) is 0 Å². The second-order valence-electron chi connectivity index (χ2n) is 10.0. The molecule has 4 bridgehead atoms. The Balaban J connectivity index is 0.875. The van der Waals surface area contributed by atoms with Crippen LogP contribution in [0, 0.1) is 47.3 Å². The van der Waals surface area contributed by atoms with Crippen molar-refractivity contribution in [1.82, 2.24) is 10.1 Å². The molecule has 8 atom stereocenters. The molecule has 4 fully saturated rings. The van der Waals surface area contributed by atoms with Gasteiger partial charge in [-0.2, -0.15) is 0 Å². The molecular weight excluding hydrogens is 476 g/mol. The van der Waals surface area contributed by atoms with Crippen LogP contribution < -0.4 is 0 Å². The minimum atomic E-state index is -1.17. The summed E-state index contributed by atoms with van der Waals surface area (Å²) in [6.45, 7) is -0.204. The Labute approximate surface area is 205 Å². The molecule has 0 aromatic carbocycles. The molecule has 4 aliphatic carbocycles. The Morgan fingerprint density at radius 3 is 1.22 bits per heavy atom. The molecule has 6 aliphatic rings. The van der Waals surface area contributed by atoms with Gasteiger partial charge in [0.15, 0.2) is 0 Å². The van der Waals surface area contributed by atoms with Gasteiger partial charge in [0.1, 0.15) is 0 Å². The predicted octanol–water partition coefficient (Wildman–Crippen LogP) is 1.52. The Morgan fingerprint density at radius 2 is 0.917 bits per heavy atom. The maximum atomic E-state index is 12.5. The van der Waals surface area contributed by atoms with E-state index in [9.17, 15) is 28.8 Å². The zero-order chi connectivity index (χ0) is 25.1. The molecule has 6 rings (SSSR count). The quantitative estimate of drug-likeness (QED) is 0.218. The van der Waals surface area contributed by atoms with Gasteiger partial charge in [-0.1, -0.05) is 34.4 Å². The van der Waals surface area contributed by atoms with Crippen LogP contribution in [-0.2, 0) is 38.3 Å². The van der Waals surface area contributed by atoms with Crippen LogP contribution >= 0.6 is 0 Å². The van der Waals surface area contributed by atoms with E-state index in [4.69, 9.17) is 19.1 Å². The molecule has 190 valence electrons. The van der Waals surface area contributed by atoms with E-state index in [0.29, 0.717) is 10.1 Å². The molecule has 2 heterocycles. The van der Waals surface area contributed by atoms with Crippen molar-refractivity contribution in [3.63, 3.8) is 0 Å². The van der Waals surface area contributed by atoms with Crippen molar-refractivity contribution in [2.24, 2.45) is 47.3 Å². The molecule has 0 radical (unpaired) electrons. The lowest BCUT2D eigenvalue weighted by atomic mass is 9.85. The van der Waals surface area contributed by atoms with E-state index in [1.807, 2.05) is 24.3 Å². The van der Waals surface area contributed by atoms with Gasteiger partial charge in [-0.25, -0.2) is 9.59 Å². The molecule has 12 nitrogen and oxygen atoms in total. The summed E-state index contributed by atoms with van der Waals surface area (Å²) >= 11 is 0. The van der Waals surface area contributed by atoms with Crippen molar-refractivity contribution in [3.05, 3.63) is 24.3 Å². The third-order valence-electron chi connectivity index (χ3n) is 8.17. The maximum absolute atomic E-state index is 12.5. The van der Waals surface area contributed by atoms with Gasteiger partial charge in [-0.05, 0) is 49.4 Å². The first-order valence-corrected chi connectivity index (χ1v) is 12.2. The molecule has 0 aromatic heterocycles. The average molecular weight is 500 g/mol. The molecule has 12 heteroatoms. The van der Waals surface area contributed by atoms with Crippen molar-refractivity contribution >= 4 is 35.9 Å². The lowest BCUT2D eigenvalue weighted by Gasteiger charge is -2.16. The summed E-state index contributed by atoms with van der Waals surface area (Å²) in [7, 11) is 0. The van der Waals surface area contributed by atoms with E-state index in [1.54, 1.807) is 0 Å². The summed E-state index contributed by atoms with van der Waals surface area (Å²) in [6, 6.07) is 0. The van der Waals surface area contributed by atoms with Crippen molar-refractivity contribution in [1.29, 1.82) is 0 Å². The first-order chi connectivity index (χ1) is 17.3. The zero-order valence-electron chi connectivity index (χ0n) is 19.1. The molecule has 2 saturated carbocycles. The summed E-state index contributed by atoms with van der Waals surface area (Å²) in [4.78, 5) is 83.5. The van der Waals surface area contributed by atoms with Gasteiger partial charge in [-0.15, -0.1) is 0 Å². The number of hydrogen-bond acceptors (Lipinski definition) is 10. The molecule has 4 amide bonds. The number of amides is 4. The minimum absolute atomic E-state index is 0.00114. The summed E-state index contributed by atoms with van der Waals surface area (Å²) in [5.74, 6) is -3.98. The Morgan fingerprint density at radius 1 is 0.611 bits per heavy atom. The van der Waals surface area contributed by atoms with Crippen LogP contribution in [-0.4, -0.2) is 59.3 Å². The van der Waals surface area contributed by atoms with Crippen LogP contribution in [0.25, 0.3) is 0 Å². The summed E-state index contributed by atoms with van der Waals surface area (Å²) < 4.78 is 9.81. The molecule has 0 spiro atoms. The number of nitrogens with zero attached hydrogens (tertiary/aromatic N) is 2. The lowest BCUT2D eigenvalue weighted by molar-refractivity contribution is -0.180. The minimum Gasteiger partial charge on any atom is -0.433 e. The predicted molar refractivity (Wildman–Crippen MR) is 113 cm³/mol. The van der Waals surface area contributed by atoms with Crippen LogP contribution in [0.5, 0.6) is 0 Å². The first-order valence-electron chi connectivity index (χ1n) is 12.2. The van der Waals surface area contributed by atoms with Gasteiger partial charge in [0.05, 0.1) is 36.9 Å². The van der Waals surface area contributed by atoms with Gasteiger partial charge in [0.2, 0.25) is 0 Å². The lowest BCUT2D eigenvalue weighted by Crippen LogP contribution is -2.35. The number of rotatable bonds is 7. The van der Waals surface area contributed by atoms with Crippen LogP contribution in [0.15, 0.2) is 24.3 Å². The van der Waals surface area contributed by atoms with E-state index in [0.717, 1.165) is 12.8 Å². The number of hydroxylamine groups is 4. The summed E-state index contributed by atoms with van der Waals surface area (Å²) in [6.07, 6.45) is 7.50. The van der Waals surface area contributed by atoms with Crippen molar-refractivity contribution in [2.75, 3.05) is 13.2 Å². The van der Waals surface area contributed by atoms with Crippen molar-refractivity contribution in [2.45, 2.75) is 25.7 Å². The van der Waals surface area contributed by atoms with E-state index in [1.165, 1.54) is 0 Å². The third kappa shape index (κ3) is 3.41. The van der Waals surface area contributed by atoms with Crippen molar-refractivity contribution in [3.8, 4) is 0 Å². The smallest absolute Gasteiger partial charge is 0.433 e. The molecule has 8 unspecified atom stereocenters. The Hall–Kier alpha value is -3.70. The van der Waals surface area contributed by atoms with E-state index in [2.05, 4.69) is 0 Å². The topological polar surface area (TPSA) is 146 Å². The number of ether oxygens (including phenoxy) is 2. The fourth-order valence-electron chi connectivity index (χ4n) is 6.65. The molecule has 0 aromatic rings. The Kier molecular flexibility index (Phi) is 5.34. The van der Waals surface area contributed by atoms with E-state index < -0.39 is 59.6 Å². The highest BCUT2D eigenvalue weighted by molar-refractivity contribution is 6.06. The summed E-state index contributed by atoms with van der Waals surface area (Å²) in [5.41, 5.74) is 0. The SMILES string of the molecule is O=C(OCCCCOC(=O)ON1C(=O)C2C3C=CC(C3)C2C1=O)ON1C(=O)C2C3C=CC(C3)C2C1=O. The number of unbranched alkanes of at least 4 members (excludes halogenated alkanes) is 1. The number of hydrogen-bond donors (Lipinski definition) is 0. The highest BCUT2D eigenvalue weighted by atomic mass is 16.8. The number of imide groups is 2. The standard InChI is InChI=1S/C24H24N2O10/c27-19-15-11-3-4-12(9-11)16(15)20(28)25(19)35-23(31)33-7-1-2-8-34-24(32)36-26-21(29)17-13-5-6-14(10-13)18(17)22(26)30/h3-6,11-18H,1-2,7-10H2. The second kappa shape index (κ2) is 8.45. The number of fused-ring (bicyclic) bond motifs is 10. The second-order valence-corrected chi connectivity index (χ2v) is 10.0. The zero-order valence-corrected chi connectivity index (χ0v) is 19.1. The van der Waals surface area contributed by atoms with Crippen molar-refractivity contribution < 1.29 is 47.9 Å². The molecule has 2 aliphatic heterocycles. The fraction of sp³-hybridized carbons (Fsp3) is 0.583. The van der Waals surface area contributed by atoms with Crippen LogP contribution in [0.4, 0.5) is 9.59 Å². The Bertz CT molecular complexity index is 968. The molecule has 0 N–H and O–H groups in total. The van der Waals surface area contributed by atoms with Gasteiger partial charge in [0, 0.05) is 0 Å². The highest BCUT2D eigenvalue weighted by Crippen LogP contribution is 2.53. The van der Waals surface area contributed by atoms with Gasteiger partial charge in [-0.3, -0.25) is 28.9 Å². The third-order valence-corrected chi connectivity index (χ3v) is 8.17. The van der Waals surface area contributed by atoms with Crippen LogP contribution in [0.1, 0.15) is 25.7 Å². The van der Waals surface area contributed by atoms with Gasteiger partial charge in [0.25, 0.3) is 23.6 Å².